The highest BCUT2D eigenvalue weighted by Gasteiger charge is 2.14. The van der Waals surface area contributed by atoms with Gasteiger partial charge in [0, 0.05) is 17.3 Å². The molecule has 0 fully saturated rings. The number of rotatable bonds is 3. The van der Waals surface area contributed by atoms with E-state index >= 15 is 0 Å². The number of carbonyl (C=O) groups excluding carboxylic acids is 1. The quantitative estimate of drug-likeness (QED) is 0.689. The van der Waals surface area contributed by atoms with Gasteiger partial charge in [-0.3, -0.25) is 14.9 Å². The van der Waals surface area contributed by atoms with Gasteiger partial charge in [-0.15, -0.1) is 0 Å². The highest BCUT2D eigenvalue weighted by atomic mass is 35.5. The summed E-state index contributed by atoms with van der Waals surface area (Å²) in [6, 6.07) is 7.28. The van der Waals surface area contributed by atoms with Crippen molar-refractivity contribution in [1.29, 1.82) is 0 Å². The van der Waals surface area contributed by atoms with E-state index in [9.17, 15) is 14.9 Å². The second-order valence-electron chi connectivity index (χ2n) is 3.82. The van der Waals surface area contributed by atoms with Crippen LogP contribution in [0.3, 0.4) is 0 Å². The SMILES string of the molecule is Cc1ccc(NC(=O)c2ccc(Cl)o2)cc1[N+](=O)[O-]. The molecule has 0 unspecified atom stereocenters. The Kier molecular flexibility index (Phi) is 3.52. The average molecular weight is 281 g/mol. The van der Waals surface area contributed by atoms with Crippen LogP contribution in [0.5, 0.6) is 0 Å². The number of carbonyl (C=O) groups is 1. The highest BCUT2D eigenvalue weighted by molar-refractivity contribution is 6.29. The van der Waals surface area contributed by atoms with Gasteiger partial charge >= 0.3 is 0 Å². The van der Waals surface area contributed by atoms with Crippen LogP contribution in [0.15, 0.2) is 34.7 Å². The molecule has 0 aliphatic carbocycles. The van der Waals surface area contributed by atoms with E-state index in [1.165, 1.54) is 18.2 Å². The molecule has 1 aromatic carbocycles. The van der Waals surface area contributed by atoms with Crippen molar-refractivity contribution in [2.75, 3.05) is 5.32 Å². The van der Waals surface area contributed by atoms with Crippen LogP contribution in [0.2, 0.25) is 5.22 Å². The second-order valence-corrected chi connectivity index (χ2v) is 4.19. The van der Waals surface area contributed by atoms with Crippen LogP contribution in [-0.4, -0.2) is 10.8 Å². The van der Waals surface area contributed by atoms with Gasteiger partial charge in [-0.1, -0.05) is 6.07 Å². The zero-order valence-corrected chi connectivity index (χ0v) is 10.6. The fraction of sp³-hybridized carbons (Fsp3) is 0.0833. The van der Waals surface area contributed by atoms with Gasteiger partial charge in [0.25, 0.3) is 11.6 Å². The number of aryl methyl sites for hydroxylation is 1. The van der Waals surface area contributed by atoms with E-state index in [1.807, 2.05) is 0 Å². The van der Waals surface area contributed by atoms with E-state index in [1.54, 1.807) is 19.1 Å². The maximum atomic E-state index is 11.8. The predicted molar refractivity (Wildman–Crippen MR) is 69.5 cm³/mol. The molecule has 0 aliphatic heterocycles. The molecule has 1 N–H and O–H groups in total. The molecule has 0 saturated heterocycles. The van der Waals surface area contributed by atoms with Crippen molar-refractivity contribution < 1.29 is 14.1 Å². The first kappa shape index (κ1) is 13.1. The number of hydrogen-bond acceptors (Lipinski definition) is 4. The molecule has 0 saturated carbocycles. The summed E-state index contributed by atoms with van der Waals surface area (Å²) in [4.78, 5) is 22.0. The van der Waals surface area contributed by atoms with Crippen LogP contribution in [0.1, 0.15) is 16.1 Å². The van der Waals surface area contributed by atoms with Gasteiger partial charge in [0.15, 0.2) is 11.0 Å². The van der Waals surface area contributed by atoms with Crippen molar-refractivity contribution in [1.82, 2.24) is 0 Å². The summed E-state index contributed by atoms with van der Waals surface area (Å²) in [5.74, 6) is -0.488. The number of benzene rings is 1. The standard InChI is InChI=1S/C12H9ClN2O4/c1-7-2-3-8(6-9(7)15(17)18)14-12(16)10-4-5-11(13)19-10/h2-6H,1H3,(H,14,16). The molecule has 0 radical (unpaired) electrons. The number of nitrogens with zero attached hydrogens (tertiary/aromatic N) is 1. The smallest absolute Gasteiger partial charge is 0.291 e. The van der Waals surface area contributed by atoms with Crippen LogP contribution in [0, 0.1) is 17.0 Å². The van der Waals surface area contributed by atoms with E-state index < -0.39 is 10.8 Å². The van der Waals surface area contributed by atoms with Gasteiger partial charge < -0.3 is 9.73 Å². The zero-order valence-electron chi connectivity index (χ0n) is 9.84. The van der Waals surface area contributed by atoms with Crippen molar-refractivity contribution in [3.63, 3.8) is 0 Å². The van der Waals surface area contributed by atoms with Gasteiger partial charge in [-0.2, -0.15) is 0 Å². The van der Waals surface area contributed by atoms with E-state index in [0.29, 0.717) is 11.3 Å². The maximum absolute atomic E-state index is 11.8. The van der Waals surface area contributed by atoms with Crippen LogP contribution in [0.25, 0.3) is 0 Å². The fourth-order valence-corrected chi connectivity index (χ4v) is 1.66. The Morgan fingerprint density at radius 2 is 2.11 bits per heavy atom. The lowest BCUT2D eigenvalue weighted by molar-refractivity contribution is -0.385. The van der Waals surface area contributed by atoms with E-state index in [4.69, 9.17) is 16.0 Å². The summed E-state index contributed by atoms with van der Waals surface area (Å²) in [5.41, 5.74) is 0.772. The first-order valence-electron chi connectivity index (χ1n) is 5.29. The second kappa shape index (κ2) is 5.11. The number of nitro benzene ring substituents is 1. The Bertz CT molecular complexity index is 651. The third-order valence-electron chi connectivity index (χ3n) is 2.46. The molecule has 0 spiro atoms. The minimum atomic E-state index is -0.523. The first-order valence-corrected chi connectivity index (χ1v) is 5.67. The largest absolute Gasteiger partial charge is 0.440 e. The molecule has 7 heteroatoms. The molecular weight excluding hydrogens is 272 g/mol. The lowest BCUT2D eigenvalue weighted by Crippen LogP contribution is -2.11. The summed E-state index contributed by atoms with van der Waals surface area (Å²) in [5, 5.41) is 13.4. The van der Waals surface area contributed by atoms with E-state index in [2.05, 4.69) is 5.32 Å². The highest BCUT2D eigenvalue weighted by Crippen LogP contribution is 2.23. The zero-order chi connectivity index (χ0) is 14.0. The molecule has 0 aliphatic rings. The number of amides is 1. The Morgan fingerprint density at radius 3 is 2.68 bits per heavy atom. The Labute approximate surface area is 113 Å². The lowest BCUT2D eigenvalue weighted by Gasteiger charge is -2.04. The summed E-state index contributed by atoms with van der Waals surface area (Å²) in [6.45, 7) is 1.62. The molecule has 1 heterocycles. The van der Waals surface area contributed by atoms with Crippen molar-refractivity contribution in [2.45, 2.75) is 6.92 Å². The third-order valence-corrected chi connectivity index (χ3v) is 2.66. The maximum Gasteiger partial charge on any atom is 0.291 e. The molecule has 2 rings (SSSR count). The fourth-order valence-electron chi connectivity index (χ4n) is 1.51. The van der Waals surface area contributed by atoms with Crippen molar-refractivity contribution in [3.05, 3.63) is 57.0 Å². The Balaban J connectivity index is 2.22. The first-order chi connectivity index (χ1) is 8.97. The molecule has 98 valence electrons. The number of nitrogens with one attached hydrogen (secondary N) is 1. The van der Waals surface area contributed by atoms with Crippen molar-refractivity contribution in [2.24, 2.45) is 0 Å². The minimum Gasteiger partial charge on any atom is -0.440 e. The number of halogens is 1. The summed E-state index contributed by atoms with van der Waals surface area (Å²) >= 11 is 5.56. The van der Waals surface area contributed by atoms with Crippen molar-refractivity contribution in [3.8, 4) is 0 Å². The molecule has 6 nitrogen and oxygen atoms in total. The lowest BCUT2D eigenvalue weighted by atomic mass is 10.2. The normalized spacial score (nSPS) is 10.2. The number of furan rings is 1. The topological polar surface area (TPSA) is 85.4 Å². The number of anilines is 1. The minimum absolute atomic E-state index is 0.0354. The Hall–Kier alpha value is -2.34. The number of hydrogen-bond donors (Lipinski definition) is 1. The van der Waals surface area contributed by atoms with Crippen LogP contribution < -0.4 is 5.32 Å². The van der Waals surface area contributed by atoms with Gasteiger partial charge in [0.05, 0.1) is 4.92 Å². The number of nitro groups is 1. The molecule has 19 heavy (non-hydrogen) atoms. The summed E-state index contributed by atoms with van der Waals surface area (Å²) < 4.78 is 4.94. The van der Waals surface area contributed by atoms with Crippen molar-refractivity contribution >= 4 is 28.9 Å². The van der Waals surface area contributed by atoms with Gasteiger partial charge in [-0.05, 0) is 36.7 Å². The van der Waals surface area contributed by atoms with Crippen LogP contribution in [-0.2, 0) is 0 Å². The van der Waals surface area contributed by atoms with Gasteiger partial charge in [0.1, 0.15) is 0 Å². The average Bonchev–Trinajstić information content (AvgIpc) is 2.78. The van der Waals surface area contributed by atoms with Gasteiger partial charge in [0.2, 0.25) is 0 Å². The molecule has 2 aromatic rings. The summed E-state index contributed by atoms with van der Waals surface area (Å²) in [7, 11) is 0. The van der Waals surface area contributed by atoms with Gasteiger partial charge in [-0.25, -0.2) is 0 Å². The van der Waals surface area contributed by atoms with Crippen LogP contribution in [0.4, 0.5) is 11.4 Å². The molecule has 1 amide bonds. The Morgan fingerprint density at radius 1 is 1.37 bits per heavy atom. The molecule has 0 atom stereocenters. The van der Waals surface area contributed by atoms with E-state index in [0.717, 1.165) is 0 Å². The van der Waals surface area contributed by atoms with Crippen LogP contribution >= 0.6 is 11.6 Å². The molecule has 1 aromatic heterocycles. The monoisotopic (exact) mass is 280 g/mol. The predicted octanol–water partition coefficient (Wildman–Crippen LogP) is 3.40. The molecular formula is C12H9ClN2O4. The summed E-state index contributed by atoms with van der Waals surface area (Å²) in [6.07, 6.45) is 0. The van der Waals surface area contributed by atoms with E-state index in [-0.39, 0.29) is 16.7 Å². The molecule has 0 bridgehead atoms. The third kappa shape index (κ3) is 2.92.